The third-order valence-electron chi connectivity index (χ3n) is 4.37. The normalized spacial score (nSPS) is 11.3. The highest BCUT2D eigenvalue weighted by Crippen LogP contribution is 2.38. The van der Waals surface area contributed by atoms with Crippen LogP contribution in [0, 0.1) is 0 Å². The Morgan fingerprint density at radius 2 is 1.83 bits per heavy atom. The van der Waals surface area contributed by atoms with Crippen LogP contribution in [0.25, 0.3) is 33.2 Å². The molecule has 6 heteroatoms. The first-order valence-corrected chi connectivity index (χ1v) is 7.57. The van der Waals surface area contributed by atoms with Crippen LogP contribution in [0.2, 0.25) is 0 Å². The number of hydrogen-bond donors (Lipinski definition) is 1. The van der Waals surface area contributed by atoms with E-state index in [-0.39, 0.29) is 0 Å². The van der Waals surface area contributed by atoms with Gasteiger partial charge in [-0.2, -0.15) is 0 Å². The van der Waals surface area contributed by atoms with Gasteiger partial charge in [0.15, 0.2) is 17.1 Å². The van der Waals surface area contributed by atoms with Gasteiger partial charge in [0.25, 0.3) is 0 Å². The van der Waals surface area contributed by atoms with Gasteiger partial charge in [-0.15, -0.1) is 0 Å². The molecule has 0 saturated carbocycles. The molecule has 24 heavy (non-hydrogen) atoms. The molecule has 0 amide bonds. The van der Waals surface area contributed by atoms with Crippen LogP contribution in [0.1, 0.15) is 0 Å². The fourth-order valence-electron chi connectivity index (χ4n) is 3.17. The van der Waals surface area contributed by atoms with Crippen molar-refractivity contribution < 1.29 is 9.47 Å². The molecule has 0 radical (unpaired) electrons. The average Bonchev–Trinajstić information content (AvgIpc) is 3.11. The van der Waals surface area contributed by atoms with Crippen LogP contribution >= 0.6 is 0 Å². The maximum Gasteiger partial charge on any atom is 0.162 e. The zero-order valence-electron chi connectivity index (χ0n) is 13.8. The van der Waals surface area contributed by atoms with Crippen molar-refractivity contribution in [1.82, 2.24) is 14.2 Å². The molecule has 0 aliphatic rings. The quantitative estimate of drug-likeness (QED) is 0.589. The van der Waals surface area contributed by atoms with Crippen LogP contribution in [0.15, 0.2) is 42.7 Å². The standard InChI is InChI=1S/C18H18N4O2/c1-21-10-13(12-8-16(23-2)17(24-3)9-14(12)21)15-7-11-5-4-6-20-18(11)22(15)19/h4-10H,19H2,1-3H3. The Balaban J connectivity index is 2.04. The van der Waals surface area contributed by atoms with Gasteiger partial charge in [-0.25, -0.2) is 9.66 Å². The van der Waals surface area contributed by atoms with Gasteiger partial charge in [-0.1, -0.05) is 0 Å². The zero-order valence-corrected chi connectivity index (χ0v) is 13.8. The Kier molecular flexibility index (Phi) is 3.13. The summed E-state index contributed by atoms with van der Waals surface area (Å²) in [6, 6.07) is 9.91. The smallest absolute Gasteiger partial charge is 0.162 e. The Morgan fingerprint density at radius 1 is 1.08 bits per heavy atom. The van der Waals surface area contributed by atoms with Gasteiger partial charge < -0.3 is 19.9 Å². The fraction of sp³-hybridized carbons (Fsp3) is 0.167. The van der Waals surface area contributed by atoms with Crippen LogP contribution in [0.4, 0.5) is 0 Å². The van der Waals surface area contributed by atoms with Crippen LogP contribution in [0.5, 0.6) is 11.5 Å². The zero-order chi connectivity index (χ0) is 16.8. The molecule has 4 aromatic rings. The monoisotopic (exact) mass is 322 g/mol. The maximum atomic E-state index is 6.29. The number of benzene rings is 1. The van der Waals surface area contributed by atoms with Crippen molar-refractivity contribution in [2.24, 2.45) is 7.05 Å². The molecule has 3 heterocycles. The first-order chi connectivity index (χ1) is 11.6. The van der Waals surface area contributed by atoms with Gasteiger partial charge in [0.05, 0.1) is 25.4 Å². The maximum absolute atomic E-state index is 6.29. The van der Waals surface area contributed by atoms with Crippen molar-refractivity contribution in [2.45, 2.75) is 0 Å². The number of nitrogens with zero attached hydrogens (tertiary/aromatic N) is 3. The Bertz CT molecular complexity index is 1060. The summed E-state index contributed by atoms with van der Waals surface area (Å²) in [5.41, 5.74) is 3.72. The molecule has 0 aliphatic carbocycles. The number of fused-ring (bicyclic) bond motifs is 2. The Hall–Kier alpha value is -3.15. The molecule has 0 spiro atoms. The first kappa shape index (κ1) is 14.4. The summed E-state index contributed by atoms with van der Waals surface area (Å²) in [6.07, 6.45) is 3.80. The molecule has 122 valence electrons. The molecule has 0 atom stereocenters. The molecule has 0 bridgehead atoms. The molecule has 0 fully saturated rings. The number of ether oxygens (including phenoxy) is 2. The summed E-state index contributed by atoms with van der Waals surface area (Å²) in [5, 5.41) is 2.05. The van der Waals surface area contributed by atoms with E-state index in [1.165, 1.54) is 0 Å². The molecule has 1 aromatic carbocycles. The van der Waals surface area contributed by atoms with Gasteiger partial charge in [-0.3, -0.25) is 0 Å². The highest BCUT2D eigenvalue weighted by molar-refractivity contribution is 5.99. The molecular weight excluding hydrogens is 304 g/mol. The minimum atomic E-state index is 0.690. The van der Waals surface area contributed by atoms with E-state index in [1.807, 2.05) is 37.4 Å². The molecule has 4 rings (SSSR count). The second kappa shape index (κ2) is 5.19. The number of nitrogen functional groups attached to an aromatic ring is 1. The fourth-order valence-corrected chi connectivity index (χ4v) is 3.17. The summed E-state index contributed by atoms with van der Waals surface area (Å²) < 4.78 is 14.5. The molecule has 0 saturated heterocycles. The summed E-state index contributed by atoms with van der Waals surface area (Å²) in [6.45, 7) is 0. The van der Waals surface area contributed by atoms with E-state index in [1.54, 1.807) is 25.1 Å². The van der Waals surface area contributed by atoms with Crippen LogP contribution in [0.3, 0.4) is 0 Å². The second-order valence-electron chi connectivity index (χ2n) is 5.69. The number of hydrogen-bond acceptors (Lipinski definition) is 4. The average molecular weight is 322 g/mol. The van der Waals surface area contributed by atoms with Gasteiger partial charge in [0.2, 0.25) is 0 Å². The summed E-state index contributed by atoms with van der Waals surface area (Å²) >= 11 is 0. The molecule has 3 aromatic heterocycles. The first-order valence-electron chi connectivity index (χ1n) is 7.57. The van der Waals surface area contributed by atoms with E-state index in [2.05, 4.69) is 15.7 Å². The van der Waals surface area contributed by atoms with E-state index in [0.29, 0.717) is 11.5 Å². The van der Waals surface area contributed by atoms with Crippen molar-refractivity contribution in [3.8, 4) is 22.8 Å². The second-order valence-corrected chi connectivity index (χ2v) is 5.69. The number of aromatic nitrogens is 3. The van der Waals surface area contributed by atoms with Crippen molar-refractivity contribution in [1.29, 1.82) is 0 Å². The van der Waals surface area contributed by atoms with Crippen molar-refractivity contribution in [3.05, 3.63) is 42.7 Å². The van der Waals surface area contributed by atoms with E-state index >= 15 is 0 Å². The lowest BCUT2D eigenvalue weighted by atomic mass is 10.1. The van der Waals surface area contributed by atoms with Gasteiger partial charge in [0.1, 0.15) is 0 Å². The lowest BCUT2D eigenvalue weighted by Crippen LogP contribution is -2.09. The largest absolute Gasteiger partial charge is 0.493 e. The lowest BCUT2D eigenvalue weighted by Gasteiger charge is -2.09. The van der Waals surface area contributed by atoms with E-state index in [9.17, 15) is 0 Å². The Morgan fingerprint density at radius 3 is 2.54 bits per heavy atom. The molecular formula is C18H18N4O2. The summed E-state index contributed by atoms with van der Waals surface area (Å²) in [4.78, 5) is 4.36. The summed E-state index contributed by atoms with van der Waals surface area (Å²) in [7, 11) is 5.27. The third-order valence-corrected chi connectivity index (χ3v) is 4.37. The molecule has 6 nitrogen and oxygen atoms in total. The van der Waals surface area contributed by atoms with Gasteiger partial charge in [0, 0.05) is 41.8 Å². The van der Waals surface area contributed by atoms with Crippen LogP contribution in [-0.2, 0) is 7.05 Å². The Labute approximate surface area is 139 Å². The minimum Gasteiger partial charge on any atom is -0.493 e. The predicted molar refractivity (Wildman–Crippen MR) is 94.9 cm³/mol. The van der Waals surface area contributed by atoms with Crippen molar-refractivity contribution >= 4 is 21.9 Å². The molecule has 0 unspecified atom stereocenters. The third kappa shape index (κ3) is 1.93. The van der Waals surface area contributed by atoms with Gasteiger partial charge >= 0.3 is 0 Å². The minimum absolute atomic E-state index is 0.690. The predicted octanol–water partition coefficient (Wildman–Crippen LogP) is 2.93. The van der Waals surface area contributed by atoms with Crippen LogP contribution < -0.4 is 15.3 Å². The lowest BCUT2D eigenvalue weighted by molar-refractivity contribution is 0.355. The molecule has 2 N–H and O–H groups in total. The van der Waals surface area contributed by atoms with Crippen LogP contribution in [-0.4, -0.2) is 28.4 Å². The number of methoxy groups -OCH3 is 2. The topological polar surface area (TPSA) is 67.2 Å². The number of nitrogens with two attached hydrogens (primary N) is 1. The van der Waals surface area contributed by atoms with Gasteiger partial charge in [-0.05, 0) is 24.3 Å². The summed E-state index contributed by atoms with van der Waals surface area (Å²) in [5.74, 6) is 7.68. The van der Waals surface area contributed by atoms with E-state index < -0.39 is 0 Å². The number of pyridine rings is 1. The highest BCUT2D eigenvalue weighted by Gasteiger charge is 2.17. The number of aryl methyl sites for hydroxylation is 1. The van der Waals surface area contributed by atoms with Crippen molar-refractivity contribution in [3.63, 3.8) is 0 Å². The SMILES string of the molecule is COc1cc2c(-c3cc4cccnc4n3N)cn(C)c2cc1OC. The van der Waals surface area contributed by atoms with Crippen molar-refractivity contribution in [2.75, 3.05) is 20.1 Å². The number of rotatable bonds is 3. The highest BCUT2D eigenvalue weighted by atomic mass is 16.5. The molecule has 0 aliphatic heterocycles. The van der Waals surface area contributed by atoms with E-state index in [4.69, 9.17) is 15.3 Å². The van der Waals surface area contributed by atoms with E-state index in [0.717, 1.165) is 33.2 Å².